The topological polar surface area (TPSA) is 72.2 Å². The summed E-state index contributed by atoms with van der Waals surface area (Å²) in [4.78, 5) is 26.4. The maximum atomic E-state index is 13.3. The van der Waals surface area contributed by atoms with Crippen molar-refractivity contribution in [2.24, 2.45) is 0 Å². The van der Waals surface area contributed by atoms with E-state index in [4.69, 9.17) is 16.7 Å². The van der Waals surface area contributed by atoms with E-state index in [1.54, 1.807) is 0 Å². The number of rotatable bonds is 2. The molecule has 5 nitrogen and oxygen atoms in total. The molecule has 0 amide bonds. The molecule has 0 atom stereocenters. The number of carbonyl (C=O) groups is 1. The summed E-state index contributed by atoms with van der Waals surface area (Å²) in [6.07, 6.45) is 2.30. The molecule has 0 fully saturated rings. The highest BCUT2D eigenvalue weighted by Gasteiger charge is 2.16. The van der Waals surface area contributed by atoms with Gasteiger partial charge in [0.05, 0.1) is 5.39 Å². The lowest BCUT2D eigenvalue weighted by molar-refractivity contribution is 0.0695. The van der Waals surface area contributed by atoms with E-state index in [1.807, 2.05) is 0 Å². The van der Waals surface area contributed by atoms with Crippen molar-refractivity contribution in [1.82, 2.24) is 9.55 Å². The fraction of sp³-hybridized carbons (Fsp3) is 0. The number of aromatic carboxylic acids is 1. The minimum absolute atomic E-state index is 0.0476. The summed E-state index contributed by atoms with van der Waals surface area (Å²) in [5.74, 6) is -2.30. The minimum Gasteiger partial charge on any atom is -0.477 e. The number of carboxylic acid groups (broad SMARTS) is 1. The molecule has 7 heteroatoms. The minimum atomic E-state index is -1.41. The normalized spacial score (nSPS) is 10.6. The number of aromatic nitrogens is 2. The molecule has 18 heavy (non-hydrogen) atoms. The van der Waals surface area contributed by atoms with Crippen LogP contribution in [0, 0.1) is 5.82 Å². The predicted molar refractivity (Wildman–Crippen MR) is 64.3 cm³/mol. The van der Waals surface area contributed by atoms with Crippen molar-refractivity contribution in [3.63, 3.8) is 0 Å². The van der Waals surface area contributed by atoms with Crippen LogP contribution < -0.4 is 5.43 Å². The molecule has 2 aromatic rings. The SMILES string of the molecule is C=Cn1cc(C(=O)O)c(=O)c2cc(F)c(Cl)nc21. The van der Waals surface area contributed by atoms with Gasteiger partial charge in [-0.2, -0.15) is 0 Å². The van der Waals surface area contributed by atoms with Crippen LogP contribution in [0.3, 0.4) is 0 Å². The molecule has 0 unspecified atom stereocenters. The first-order chi connectivity index (χ1) is 8.45. The van der Waals surface area contributed by atoms with E-state index < -0.39 is 27.9 Å². The second-order valence-corrected chi connectivity index (χ2v) is 3.76. The van der Waals surface area contributed by atoms with E-state index in [0.717, 1.165) is 12.3 Å². The third kappa shape index (κ3) is 1.76. The monoisotopic (exact) mass is 268 g/mol. The fourth-order valence-corrected chi connectivity index (χ4v) is 1.65. The fourth-order valence-electron chi connectivity index (χ4n) is 1.52. The van der Waals surface area contributed by atoms with Crippen LogP contribution in [0.2, 0.25) is 5.15 Å². The van der Waals surface area contributed by atoms with Gasteiger partial charge in [0.1, 0.15) is 11.2 Å². The Labute approximate surface area is 105 Å². The van der Waals surface area contributed by atoms with Gasteiger partial charge in [0.15, 0.2) is 11.0 Å². The van der Waals surface area contributed by atoms with Crippen LogP contribution in [0.5, 0.6) is 0 Å². The molecule has 2 rings (SSSR count). The van der Waals surface area contributed by atoms with E-state index in [9.17, 15) is 14.0 Å². The summed E-state index contributed by atoms with van der Waals surface area (Å²) in [6, 6.07) is 0.861. The summed E-state index contributed by atoms with van der Waals surface area (Å²) in [7, 11) is 0. The van der Waals surface area contributed by atoms with Crippen LogP contribution in [-0.4, -0.2) is 20.6 Å². The molecular weight excluding hydrogens is 263 g/mol. The van der Waals surface area contributed by atoms with Gasteiger partial charge in [0, 0.05) is 12.4 Å². The van der Waals surface area contributed by atoms with E-state index in [2.05, 4.69) is 11.6 Å². The number of carboxylic acids is 1. The quantitative estimate of drug-likeness (QED) is 0.846. The molecule has 0 spiro atoms. The first-order valence-corrected chi connectivity index (χ1v) is 5.10. The van der Waals surface area contributed by atoms with Gasteiger partial charge in [-0.1, -0.05) is 18.2 Å². The average molecular weight is 269 g/mol. The van der Waals surface area contributed by atoms with Gasteiger partial charge < -0.3 is 9.67 Å². The Morgan fingerprint density at radius 2 is 2.28 bits per heavy atom. The molecule has 0 aliphatic carbocycles. The largest absolute Gasteiger partial charge is 0.477 e. The molecule has 2 aromatic heterocycles. The van der Waals surface area contributed by atoms with Crippen molar-refractivity contribution < 1.29 is 14.3 Å². The number of hydrogen-bond donors (Lipinski definition) is 1. The van der Waals surface area contributed by atoms with Crippen molar-refractivity contribution in [3.8, 4) is 0 Å². The Bertz CT molecular complexity index is 739. The van der Waals surface area contributed by atoms with Gasteiger partial charge in [-0.15, -0.1) is 0 Å². The molecule has 0 bridgehead atoms. The highest BCUT2D eigenvalue weighted by Crippen LogP contribution is 2.17. The molecule has 0 saturated heterocycles. The van der Waals surface area contributed by atoms with E-state index in [0.29, 0.717) is 0 Å². The summed E-state index contributed by atoms with van der Waals surface area (Å²) >= 11 is 5.52. The summed E-state index contributed by atoms with van der Waals surface area (Å²) < 4.78 is 14.5. The zero-order valence-electron chi connectivity index (χ0n) is 8.85. The Morgan fingerprint density at radius 1 is 1.61 bits per heavy atom. The highest BCUT2D eigenvalue weighted by molar-refractivity contribution is 6.29. The molecular formula is C11H6ClFN2O3. The number of fused-ring (bicyclic) bond motifs is 1. The summed E-state index contributed by atoms with van der Waals surface area (Å²) in [6.45, 7) is 3.45. The lowest BCUT2D eigenvalue weighted by atomic mass is 10.2. The smallest absolute Gasteiger partial charge is 0.341 e. The van der Waals surface area contributed by atoms with Crippen molar-refractivity contribution in [3.05, 3.63) is 45.6 Å². The highest BCUT2D eigenvalue weighted by atomic mass is 35.5. The molecule has 1 N–H and O–H groups in total. The van der Waals surface area contributed by atoms with Gasteiger partial charge in [-0.25, -0.2) is 14.2 Å². The molecule has 0 aliphatic heterocycles. The Morgan fingerprint density at radius 3 is 2.83 bits per heavy atom. The molecule has 2 heterocycles. The Balaban J connectivity index is 3.03. The Kier molecular flexibility index (Phi) is 2.88. The second kappa shape index (κ2) is 4.23. The molecule has 0 radical (unpaired) electrons. The van der Waals surface area contributed by atoms with Crippen LogP contribution >= 0.6 is 11.6 Å². The molecule has 0 saturated carbocycles. The standard InChI is InChI=1S/C11H6ClFN2O3/c1-2-15-4-6(11(17)18)8(16)5-3-7(13)9(12)14-10(5)15/h2-4H,1H2,(H,17,18). The van der Waals surface area contributed by atoms with Crippen LogP contribution in [0.25, 0.3) is 17.2 Å². The van der Waals surface area contributed by atoms with Gasteiger partial charge in [0.25, 0.3) is 0 Å². The molecule has 0 aliphatic rings. The van der Waals surface area contributed by atoms with Crippen molar-refractivity contribution in [2.45, 2.75) is 0 Å². The second-order valence-electron chi connectivity index (χ2n) is 3.40. The van der Waals surface area contributed by atoms with Crippen molar-refractivity contribution in [1.29, 1.82) is 0 Å². The maximum Gasteiger partial charge on any atom is 0.341 e. The van der Waals surface area contributed by atoms with Gasteiger partial charge in [-0.05, 0) is 6.07 Å². The lowest BCUT2D eigenvalue weighted by Gasteiger charge is -2.07. The Hall–Kier alpha value is -2.21. The first-order valence-electron chi connectivity index (χ1n) is 4.72. The summed E-state index contributed by atoms with van der Waals surface area (Å²) in [5.41, 5.74) is -1.27. The van der Waals surface area contributed by atoms with Crippen molar-refractivity contribution >= 4 is 34.8 Å². The number of nitrogens with zero attached hydrogens (tertiary/aromatic N) is 2. The molecule has 0 aromatic carbocycles. The maximum absolute atomic E-state index is 13.3. The summed E-state index contributed by atoms with van der Waals surface area (Å²) in [5, 5.41) is 8.31. The zero-order valence-corrected chi connectivity index (χ0v) is 9.61. The number of halogens is 2. The van der Waals surface area contributed by atoms with Crippen LogP contribution in [0.15, 0.2) is 23.6 Å². The van der Waals surface area contributed by atoms with Gasteiger partial charge in [-0.3, -0.25) is 4.79 Å². The lowest BCUT2D eigenvalue weighted by Crippen LogP contribution is -2.18. The van der Waals surface area contributed by atoms with E-state index >= 15 is 0 Å². The van der Waals surface area contributed by atoms with Crippen LogP contribution in [0.1, 0.15) is 10.4 Å². The first kappa shape index (κ1) is 12.3. The number of hydrogen-bond acceptors (Lipinski definition) is 3. The predicted octanol–water partition coefficient (Wildman–Crippen LogP) is 1.99. The third-order valence-electron chi connectivity index (χ3n) is 2.34. The van der Waals surface area contributed by atoms with E-state index in [1.165, 1.54) is 10.8 Å². The van der Waals surface area contributed by atoms with Gasteiger partial charge >= 0.3 is 5.97 Å². The van der Waals surface area contributed by atoms with E-state index in [-0.39, 0.29) is 11.0 Å². The average Bonchev–Trinajstić information content (AvgIpc) is 2.32. The van der Waals surface area contributed by atoms with Gasteiger partial charge in [0.2, 0.25) is 5.43 Å². The third-order valence-corrected chi connectivity index (χ3v) is 2.61. The zero-order chi connectivity index (χ0) is 13.4. The van der Waals surface area contributed by atoms with Crippen molar-refractivity contribution in [2.75, 3.05) is 0 Å². The van der Waals surface area contributed by atoms with Crippen LogP contribution in [0.4, 0.5) is 4.39 Å². The van der Waals surface area contributed by atoms with Crippen LogP contribution in [-0.2, 0) is 0 Å². The molecule has 92 valence electrons. The number of pyridine rings is 2.